The van der Waals surface area contributed by atoms with Crippen LogP contribution in [0.2, 0.25) is 0 Å². The summed E-state index contributed by atoms with van der Waals surface area (Å²) in [7, 11) is 0. The SMILES string of the molecule is Cc1cc(C#N)cc2oncc12. The Bertz CT molecular complexity index is 465. The number of aromatic nitrogens is 1. The Morgan fingerprint density at radius 2 is 2.33 bits per heavy atom. The van der Waals surface area contributed by atoms with E-state index in [1.54, 1.807) is 12.3 Å². The molecule has 0 saturated heterocycles. The largest absolute Gasteiger partial charge is 0.356 e. The van der Waals surface area contributed by atoms with Crippen LogP contribution in [-0.2, 0) is 0 Å². The average molecular weight is 158 g/mol. The van der Waals surface area contributed by atoms with E-state index in [1.165, 1.54) is 0 Å². The zero-order valence-corrected chi connectivity index (χ0v) is 6.53. The first-order chi connectivity index (χ1) is 5.81. The number of fused-ring (bicyclic) bond motifs is 1. The highest BCUT2D eigenvalue weighted by Gasteiger charge is 2.03. The van der Waals surface area contributed by atoms with Gasteiger partial charge in [-0.25, -0.2) is 0 Å². The Morgan fingerprint density at radius 1 is 1.50 bits per heavy atom. The molecule has 0 bridgehead atoms. The molecule has 0 spiro atoms. The fourth-order valence-electron chi connectivity index (χ4n) is 1.21. The molecule has 1 aromatic heterocycles. The molecule has 0 aliphatic carbocycles. The molecule has 0 fully saturated rings. The summed E-state index contributed by atoms with van der Waals surface area (Å²) in [6.07, 6.45) is 1.66. The molecule has 0 unspecified atom stereocenters. The molecular weight excluding hydrogens is 152 g/mol. The van der Waals surface area contributed by atoms with Crippen molar-refractivity contribution in [3.05, 3.63) is 29.5 Å². The van der Waals surface area contributed by atoms with E-state index < -0.39 is 0 Å². The van der Waals surface area contributed by atoms with Gasteiger partial charge in [0, 0.05) is 11.5 Å². The van der Waals surface area contributed by atoms with Gasteiger partial charge in [-0.15, -0.1) is 0 Å². The molecule has 1 aromatic carbocycles. The van der Waals surface area contributed by atoms with E-state index in [0.717, 1.165) is 10.9 Å². The second-order valence-corrected chi connectivity index (χ2v) is 2.64. The van der Waals surface area contributed by atoms with Gasteiger partial charge >= 0.3 is 0 Å². The van der Waals surface area contributed by atoms with Gasteiger partial charge in [-0.05, 0) is 18.6 Å². The van der Waals surface area contributed by atoms with Crippen LogP contribution in [-0.4, -0.2) is 5.16 Å². The summed E-state index contributed by atoms with van der Waals surface area (Å²) in [5, 5.41) is 13.3. The lowest BCUT2D eigenvalue weighted by Gasteiger charge is -1.93. The lowest BCUT2D eigenvalue weighted by Crippen LogP contribution is -1.77. The van der Waals surface area contributed by atoms with Crippen LogP contribution in [0.25, 0.3) is 11.0 Å². The van der Waals surface area contributed by atoms with Gasteiger partial charge in [-0.2, -0.15) is 5.26 Å². The topological polar surface area (TPSA) is 49.8 Å². The maximum atomic E-state index is 8.65. The third-order valence-electron chi connectivity index (χ3n) is 1.81. The molecule has 1 heterocycles. The number of nitrogens with zero attached hydrogens (tertiary/aromatic N) is 2. The molecule has 0 N–H and O–H groups in total. The highest BCUT2D eigenvalue weighted by molar-refractivity contribution is 5.81. The molecule has 12 heavy (non-hydrogen) atoms. The first-order valence-electron chi connectivity index (χ1n) is 3.56. The Morgan fingerprint density at radius 3 is 3.08 bits per heavy atom. The molecule has 2 rings (SSSR count). The van der Waals surface area contributed by atoms with Gasteiger partial charge in [-0.1, -0.05) is 5.16 Å². The predicted octanol–water partition coefficient (Wildman–Crippen LogP) is 2.01. The quantitative estimate of drug-likeness (QED) is 0.589. The van der Waals surface area contributed by atoms with Crippen molar-refractivity contribution < 1.29 is 4.52 Å². The molecule has 0 atom stereocenters. The predicted molar refractivity (Wildman–Crippen MR) is 43.5 cm³/mol. The summed E-state index contributed by atoms with van der Waals surface area (Å²) < 4.78 is 4.94. The maximum Gasteiger partial charge on any atom is 0.168 e. The molecule has 0 aliphatic rings. The van der Waals surface area contributed by atoms with Crippen LogP contribution in [0.3, 0.4) is 0 Å². The van der Waals surface area contributed by atoms with Crippen molar-refractivity contribution >= 4 is 11.0 Å². The number of rotatable bonds is 0. The van der Waals surface area contributed by atoms with Crippen molar-refractivity contribution in [2.75, 3.05) is 0 Å². The summed E-state index contributed by atoms with van der Waals surface area (Å²) in [5.74, 6) is 0. The minimum absolute atomic E-state index is 0.608. The Kier molecular flexibility index (Phi) is 1.34. The van der Waals surface area contributed by atoms with Crippen molar-refractivity contribution in [1.82, 2.24) is 5.16 Å². The minimum Gasteiger partial charge on any atom is -0.356 e. The summed E-state index contributed by atoms with van der Waals surface area (Å²) in [6, 6.07) is 5.57. The first-order valence-corrected chi connectivity index (χ1v) is 3.56. The highest BCUT2D eigenvalue weighted by atomic mass is 16.5. The summed E-state index contributed by atoms with van der Waals surface area (Å²) in [4.78, 5) is 0. The zero-order valence-electron chi connectivity index (χ0n) is 6.53. The van der Waals surface area contributed by atoms with E-state index in [-0.39, 0.29) is 0 Å². The monoisotopic (exact) mass is 158 g/mol. The summed E-state index contributed by atoms with van der Waals surface area (Å²) in [5.41, 5.74) is 2.30. The van der Waals surface area contributed by atoms with E-state index in [1.807, 2.05) is 13.0 Å². The molecule has 58 valence electrons. The van der Waals surface area contributed by atoms with Gasteiger partial charge in [0.15, 0.2) is 5.58 Å². The molecule has 0 saturated carbocycles. The van der Waals surface area contributed by atoms with Crippen molar-refractivity contribution in [2.45, 2.75) is 6.92 Å². The van der Waals surface area contributed by atoms with Crippen molar-refractivity contribution in [3.8, 4) is 6.07 Å². The first kappa shape index (κ1) is 6.86. The number of aryl methyl sites for hydroxylation is 1. The Balaban J connectivity index is 2.86. The highest BCUT2D eigenvalue weighted by Crippen LogP contribution is 2.19. The van der Waals surface area contributed by atoms with E-state index >= 15 is 0 Å². The van der Waals surface area contributed by atoms with Gasteiger partial charge in [0.25, 0.3) is 0 Å². The van der Waals surface area contributed by atoms with E-state index in [4.69, 9.17) is 9.78 Å². The Hall–Kier alpha value is -1.82. The van der Waals surface area contributed by atoms with Crippen LogP contribution in [0.15, 0.2) is 22.9 Å². The lowest BCUT2D eigenvalue weighted by molar-refractivity contribution is 0.456. The number of benzene rings is 1. The average Bonchev–Trinajstić information content (AvgIpc) is 2.52. The second-order valence-electron chi connectivity index (χ2n) is 2.64. The van der Waals surface area contributed by atoms with Crippen molar-refractivity contribution in [2.24, 2.45) is 0 Å². The van der Waals surface area contributed by atoms with Crippen LogP contribution in [0, 0.1) is 18.3 Å². The molecule has 3 nitrogen and oxygen atoms in total. The number of hydrogen-bond acceptors (Lipinski definition) is 3. The van der Waals surface area contributed by atoms with Crippen LogP contribution in [0.4, 0.5) is 0 Å². The summed E-state index contributed by atoms with van der Waals surface area (Å²) >= 11 is 0. The van der Waals surface area contributed by atoms with Gasteiger partial charge in [0.05, 0.1) is 17.8 Å². The molecule has 3 heteroatoms. The fourth-order valence-corrected chi connectivity index (χ4v) is 1.21. The fraction of sp³-hybridized carbons (Fsp3) is 0.111. The van der Waals surface area contributed by atoms with E-state index in [9.17, 15) is 0 Å². The van der Waals surface area contributed by atoms with Gasteiger partial charge in [-0.3, -0.25) is 0 Å². The minimum atomic E-state index is 0.608. The lowest BCUT2D eigenvalue weighted by atomic mass is 10.1. The molecule has 0 radical (unpaired) electrons. The number of hydrogen-bond donors (Lipinski definition) is 0. The van der Waals surface area contributed by atoms with Gasteiger partial charge in [0.2, 0.25) is 0 Å². The second kappa shape index (κ2) is 2.35. The smallest absolute Gasteiger partial charge is 0.168 e. The van der Waals surface area contributed by atoms with E-state index in [2.05, 4.69) is 11.2 Å². The molecule has 0 amide bonds. The van der Waals surface area contributed by atoms with Crippen LogP contribution >= 0.6 is 0 Å². The number of nitriles is 1. The zero-order chi connectivity index (χ0) is 8.55. The van der Waals surface area contributed by atoms with Crippen LogP contribution in [0.5, 0.6) is 0 Å². The third-order valence-corrected chi connectivity index (χ3v) is 1.81. The van der Waals surface area contributed by atoms with Crippen LogP contribution in [0.1, 0.15) is 11.1 Å². The van der Waals surface area contributed by atoms with Crippen LogP contribution < -0.4 is 0 Å². The maximum absolute atomic E-state index is 8.65. The van der Waals surface area contributed by atoms with Crippen molar-refractivity contribution in [1.29, 1.82) is 5.26 Å². The van der Waals surface area contributed by atoms with Gasteiger partial charge in [0.1, 0.15) is 0 Å². The molecule has 0 aliphatic heterocycles. The summed E-state index contributed by atoms with van der Waals surface area (Å²) in [6.45, 7) is 1.93. The van der Waals surface area contributed by atoms with Gasteiger partial charge < -0.3 is 4.52 Å². The van der Waals surface area contributed by atoms with Crippen molar-refractivity contribution in [3.63, 3.8) is 0 Å². The third kappa shape index (κ3) is 0.857. The van der Waals surface area contributed by atoms with E-state index in [0.29, 0.717) is 11.1 Å². The Labute approximate surface area is 69.2 Å². The molecular formula is C9H6N2O. The standard InChI is InChI=1S/C9H6N2O/c1-6-2-7(4-10)3-9-8(6)5-11-12-9/h2-3,5H,1H3. The molecule has 2 aromatic rings. The normalized spacial score (nSPS) is 10.0.